The highest BCUT2D eigenvalue weighted by molar-refractivity contribution is 5.70. The molecule has 2 aliphatic rings. The highest BCUT2D eigenvalue weighted by atomic mass is 16.6. The van der Waals surface area contributed by atoms with Crippen molar-refractivity contribution < 1.29 is 23.8 Å². The van der Waals surface area contributed by atoms with Crippen LogP contribution in [-0.2, 0) is 23.8 Å². The SMILES string of the molecule is CCCCCC1=CC(OC(=O)CC)C2=C(OC(CCC=C(C)C)C=C2)C1OC(C)=O. The first-order chi connectivity index (χ1) is 14.3. The van der Waals surface area contributed by atoms with Gasteiger partial charge in [0.2, 0.25) is 0 Å². The molecule has 0 fully saturated rings. The molecule has 5 nitrogen and oxygen atoms in total. The summed E-state index contributed by atoms with van der Waals surface area (Å²) in [5.74, 6) is -0.00434. The van der Waals surface area contributed by atoms with E-state index < -0.39 is 12.2 Å². The van der Waals surface area contributed by atoms with E-state index in [4.69, 9.17) is 14.2 Å². The second-order valence-electron chi connectivity index (χ2n) is 8.15. The van der Waals surface area contributed by atoms with Crippen LogP contribution in [0.2, 0.25) is 0 Å². The number of esters is 2. The van der Waals surface area contributed by atoms with Gasteiger partial charge in [-0.1, -0.05) is 44.4 Å². The molecular weight excluding hydrogens is 380 g/mol. The van der Waals surface area contributed by atoms with E-state index >= 15 is 0 Å². The summed E-state index contributed by atoms with van der Waals surface area (Å²) in [6.45, 7) is 9.50. The van der Waals surface area contributed by atoms with Crippen LogP contribution >= 0.6 is 0 Å². The number of carbonyl (C=O) groups is 2. The van der Waals surface area contributed by atoms with Crippen LogP contribution in [0.25, 0.3) is 0 Å². The monoisotopic (exact) mass is 416 g/mol. The van der Waals surface area contributed by atoms with Gasteiger partial charge in [-0.05, 0) is 57.3 Å². The fourth-order valence-electron chi connectivity index (χ4n) is 3.65. The molecule has 1 aliphatic heterocycles. The predicted octanol–water partition coefficient (Wildman–Crippen LogP) is 5.72. The number of unbranched alkanes of at least 4 members (excludes halogenated alkanes) is 2. The lowest BCUT2D eigenvalue weighted by atomic mass is 9.87. The molecular formula is C25H36O5. The normalized spacial score (nSPS) is 22.6. The smallest absolute Gasteiger partial charge is 0.306 e. The zero-order valence-corrected chi connectivity index (χ0v) is 19.0. The molecule has 0 aromatic rings. The highest BCUT2D eigenvalue weighted by Gasteiger charge is 2.37. The molecule has 30 heavy (non-hydrogen) atoms. The topological polar surface area (TPSA) is 61.8 Å². The van der Waals surface area contributed by atoms with Gasteiger partial charge in [0.1, 0.15) is 18.0 Å². The molecule has 1 heterocycles. The van der Waals surface area contributed by atoms with Crippen LogP contribution in [0.3, 0.4) is 0 Å². The summed E-state index contributed by atoms with van der Waals surface area (Å²) in [7, 11) is 0. The van der Waals surface area contributed by atoms with Gasteiger partial charge in [0.05, 0.1) is 0 Å². The average molecular weight is 417 g/mol. The minimum Gasteiger partial charge on any atom is -0.486 e. The van der Waals surface area contributed by atoms with Gasteiger partial charge in [-0.2, -0.15) is 0 Å². The third-order valence-electron chi connectivity index (χ3n) is 5.20. The van der Waals surface area contributed by atoms with Crippen LogP contribution in [0.15, 0.2) is 46.8 Å². The van der Waals surface area contributed by atoms with Crippen LogP contribution in [-0.4, -0.2) is 30.3 Å². The lowest BCUT2D eigenvalue weighted by molar-refractivity contribution is -0.148. The molecule has 0 spiro atoms. The Labute approximate surface area is 180 Å². The van der Waals surface area contributed by atoms with Crippen molar-refractivity contribution in [3.05, 3.63) is 46.8 Å². The molecule has 1 aliphatic carbocycles. The Morgan fingerprint density at radius 1 is 1.13 bits per heavy atom. The number of carbonyl (C=O) groups excluding carboxylic acids is 2. The van der Waals surface area contributed by atoms with Gasteiger partial charge < -0.3 is 14.2 Å². The summed E-state index contributed by atoms with van der Waals surface area (Å²) in [5, 5.41) is 0. The quantitative estimate of drug-likeness (QED) is 0.259. The lowest BCUT2D eigenvalue weighted by Gasteiger charge is -2.35. The van der Waals surface area contributed by atoms with Crippen molar-refractivity contribution in [1.82, 2.24) is 0 Å². The molecule has 5 heteroatoms. The lowest BCUT2D eigenvalue weighted by Crippen LogP contribution is -2.35. The first-order valence-electron chi connectivity index (χ1n) is 11.1. The number of allylic oxidation sites excluding steroid dienone is 2. The first-order valence-corrected chi connectivity index (χ1v) is 11.1. The van der Waals surface area contributed by atoms with Crippen molar-refractivity contribution in [2.24, 2.45) is 0 Å². The van der Waals surface area contributed by atoms with E-state index in [1.807, 2.05) is 18.2 Å². The Bertz CT molecular complexity index is 737. The van der Waals surface area contributed by atoms with E-state index in [0.717, 1.165) is 49.7 Å². The second kappa shape index (κ2) is 11.8. The van der Waals surface area contributed by atoms with E-state index in [1.165, 1.54) is 12.5 Å². The number of rotatable bonds is 10. The number of hydrogen-bond donors (Lipinski definition) is 0. The van der Waals surface area contributed by atoms with Gasteiger partial charge in [0.25, 0.3) is 0 Å². The molecule has 0 bridgehead atoms. The number of ether oxygens (including phenoxy) is 3. The standard InChI is InChI=1S/C25H36O5/c1-6-8-9-12-19-16-22(30-23(27)7-2)21-15-14-20(13-10-11-17(3)4)29-25(21)24(19)28-18(5)26/h11,14-16,20,22,24H,6-10,12-13H2,1-5H3. The van der Waals surface area contributed by atoms with Gasteiger partial charge >= 0.3 is 11.9 Å². The van der Waals surface area contributed by atoms with E-state index in [-0.39, 0.29) is 18.0 Å². The van der Waals surface area contributed by atoms with Crippen molar-refractivity contribution in [3.63, 3.8) is 0 Å². The molecule has 166 valence electrons. The molecule has 0 N–H and O–H groups in total. The molecule has 0 amide bonds. The Balaban J connectivity index is 2.31. The van der Waals surface area contributed by atoms with Crippen molar-refractivity contribution in [1.29, 1.82) is 0 Å². The van der Waals surface area contributed by atoms with Crippen LogP contribution in [0, 0.1) is 0 Å². The Morgan fingerprint density at radius 2 is 1.90 bits per heavy atom. The molecule has 0 aromatic heterocycles. The summed E-state index contributed by atoms with van der Waals surface area (Å²) in [6, 6.07) is 0. The Kier molecular flexibility index (Phi) is 9.41. The molecule has 3 unspecified atom stereocenters. The summed E-state index contributed by atoms with van der Waals surface area (Å²) in [5.41, 5.74) is 2.99. The van der Waals surface area contributed by atoms with Crippen molar-refractivity contribution in [3.8, 4) is 0 Å². The molecule has 0 radical (unpaired) electrons. The summed E-state index contributed by atoms with van der Waals surface area (Å²) in [4.78, 5) is 23.9. The second-order valence-corrected chi connectivity index (χ2v) is 8.15. The van der Waals surface area contributed by atoms with E-state index in [0.29, 0.717) is 12.2 Å². The van der Waals surface area contributed by atoms with Crippen LogP contribution in [0.4, 0.5) is 0 Å². The first kappa shape index (κ1) is 24.0. The fourth-order valence-corrected chi connectivity index (χ4v) is 3.65. The maximum atomic E-state index is 12.0. The maximum absolute atomic E-state index is 12.0. The molecule has 0 aromatic carbocycles. The van der Waals surface area contributed by atoms with Crippen molar-refractivity contribution in [2.75, 3.05) is 0 Å². The van der Waals surface area contributed by atoms with Crippen LogP contribution in [0.1, 0.15) is 79.6 Å². The minimum atomic E-state index is -0.554. The zero-order valence-electron chi connectivity index (χ0n) is 19.0. The average Bonchev–Trinajstić information content (AvgIpc) is 2.69. The van der Waals surface area contributed by atoms with Crippen LogP contribution < -0.4 is 0 Å². The fraction of sp³-hybridized carbons (Fsp3) is 0.600. The molecule has 0 saturated carbocycles. The van der Waals surface area contributed by atoms with Gasteiger partial charge in [0, 0.05) is 18.9 Å². The Hall–Kier alpha value is -2.30. The maximum Gasteiger partial charge on any atom is 0.306 e. The van der Waals surface area contributed by atoms with Gasteiger partial charge in [-0.3, -0.25) is 9.59 Å². The van der Waals surface area contributed by atoms with Crippen molar-refractivity contribution in [2.45, 2.75) is 97.9 Å². The molecule has 3 atom stereocenters. The number of hydrogen-bond acceptors (Lipinski definition) is 5. The highest BCUT2D eigenvalue weighted by Crippen LogP contribution is 2.37. The predicted molar refractivity (Wildman–Crippen MR) is 118 cm³/mol. The summed E-state index contributed by atoms with van der Waals surface area (Å²) in [6.07, 6.45) is 12.9. The van der Waals surface area contributed by atoms with Crippen LogP contribution in [0.5, 0.6) is 0 Å². The summed E-state index contributed by atoms with van der Waals surface area (Å²) < 4.78 is 17.7. The summed E-state index contributed by atoms with van der Waals surface area (Å²) >= 11 is 0. The molecule has 2 rings (SSSR count). The minimum absolute atomic E-state index is 0.102. The molecule has 0 saturated heterocycles. The third-order valence-corrected chi connectivity index (χ3v) is 5.20. The van der Waals surface area contributed by atoms with E-state index in [1.54, 1.807) is 6.92 Å². The zero-order chi connectivity index (χ0) is 22.1. The van der Waals surface area contributed by atoms with E-state index in [2.05, 4.69) is 26.8 Å². The van der Waals surface area contributed by atoms with Crippen molar-refractivity contribution >= 4 is 11.9 Å². The van der Waals surface area contributed by atoms with E-state index in [9.17, 15) is 9.59 Å². The van der Waals surface area contributed by atoms with Gasteiger partial charge in [-0.15, -0.1) is 0 Å². The Morgan fingerprint density at radius 3 is 2.53 bits per heavy atom. The largest absolute Gasteiger partial charge is 0.486 e. The van der Waals surface area contributed by atoms with Gasteiger partial charge in [-0.25, -0.2) is 0 Å². The van der Waals surface area contributed by atoms with Gasteiger partial charge in [0.15, 0.2) is 6.10 Å². The third kappa shape index (κ3) is 6.89.